The van der Waals surface area contributed by atoms with Crippen LogP contribution in [-0.2, 0) is 4.74 Å². The molecule has 1 heterocycles. The first-order valence-corrected chi connectivity index (χ1v) is 5.41. The highest BCUT2D eigenvalue weighted by Gasteiger charge is 2.05. The van der Waals surface area contributed by atoms with E-state index in [0.29, 0.717) is 5.56 Å². The van der Waals surface area contributed by atoms with Crippen LogP contribution in [0.25, 0.3) is 10.4 Å². The minimum atomic E-state index is -0.298. The van der Waals surface area contributed by atoms with Crippen LogP contribution in [0.1, 0.15) is 10.4 Å². The van der Waals surface area contributed by atoms with Gasteiger partial charge < -0.3 is 4.74 Å². The predicted molar refractivity (Wildman–Crippen MR) is 61.1 cm³/mol. The second kappa shape index (κ2) is 4.28. The predicted octanol–water partition coefficient (Wildman–Crippen LogP) is 3.20. The molecule has 0 aliphatic carbocycles. The Bertz CT molecular complexity index is 443. The maximum atomic E-state index is 11.2. The summed E-state index contributed by atoms with van der Waals surface area (Å²) < 4.78 is 4.63. The maximum Gasteiger partial charge on any atom is 0.337 e. The molecule has 3 heteroatoms. The van der Waals surface area contributed by atoms with Crippen molar-refractivity contribution in [3.63, 3.8) is 0 Å². The molecule has 0 bridgehead atoms. The topological polar surface area (TPSA) is 26.3 Å². The fourth-order valence-electron chi connectivity index (χ4n) is 1.33. The van der Waals surface area contributed by atoms with Crippen molar-refractivity contribution in [1.82, 2.24) is 0 Å². The van der Waals surface area contributed by atoms with Gasteiger partial charge in [-0.05, 0) is 29.1 Å². The number of hydrogen-bond donors (Lipinski definition) is 0. The van der Waals surface area contributed by atoms with Gasteiger partial charge in [0, 0.05) is 4.88 Å². The highest BCUT2D eigenvalue weighted by molar-refractivity contribution is 7.13. The van der Waals surface area contributed by atoms with Gasteiger partial charge in [0.1, 0.15) is 0 Å². The number of hydrogen-bond acceptors (Lipinski definition) is 3. The van der Waals surface area contributed by atoms with Gasteiger partial charge in [-0.2, -0.15) is 0 Å². The average Bonchev–Trinajstić information content (AvgIpc) is 2.82. The molecule has 0 unspecified atom stereocenters. The van der Waals surface area contributed by atoms with Gasteiger partial charge in [-0.1, -0.05) is 18.2 Å². The fourth-order valence-corrected chi connectivity index (χ4v) is 2.06. The molecule has 0 spiro atoms. The summed E-state index contributed by atoms with van der Waals surface area (Å²) >= 11 is 1.68. The average molecular weight is 218 g/mol. The van der Waals surface area contributed by atoms with E-state index < -0.39 is 0 Å². The van der Waals surface area contributed by atoms with Crippen molar-refractivity contribution < 1.29 is 9.53 Å². The molecule has 0 atom stereocenters. The van der Waals surface area contributed by atoms with Crippen LogP contribution in [0.4, 0.5) is 0 Å². The van der Waals surface area contributed by atoms with Gasteiger partial charge in [-0.3, -0.25) is 0 Å². The molecule has 0 saturated carbocycles. The summed E-state index contributed by atoms with van der Waals surface area (Å²) in [5, 5.41) is 2.03. The summed E-state index contributed by atoms with van der Waals surface area (Å²) in [5.74, 6) is -0.298. The molecule has 1 aromatic heterocycles. The standard InChI is InChI=1S/C12H10O2S/c1-14-12(13)10-6-4-9(5-7-10)11-3-2-8-15-11/h2-8H,1H3. The zero-order chi connectivity index (χ0) is 10.7. The summed E-state index contributed by atoms with van der Waals surface area (Å²) in [6.45, 7) is 0. The fraction of sp³-hybridized carbons (Fsp3) is 0.0833. The quantitative estimate of drug-likeness (QED) is 0.723. The number of methoxy groups -OCH3 is 1. The minimum Gasteiger partial charge on any atom is -0.465 e. The summed E-state index contributed by atoms with van der Waals surface area (Å²) in [4.78, 5) is 12.4. The lowest BCUT2D eigenvalue weighted by molar-refractivity contribution is 0.0601. The molecule has 2 nitrogen and oxygen atoms in total. The first kappa shape index (κ1) is 9.93. The first-order valence-electron chi connectivity index (χ1n) is 4.53. The molecule has 2 rings (SSSR count). The largest absolute Gasteiger partial charge is 0.465 e. The Morgan fingerprint density at radius 1 is 1.20 bits per heavy atom. The number of ether oxygens (including phenoxy) is 1. The van der Waals surface area contributed by atoms with Crippen molar-refractivity contribution in [2.75, 3.05) is 7.11 Å². The van der Waals surface area contributed by atoms with Gasteiger partial charge >= 0.3 is 5.97 Å². The second-order valence-electron chi connectivity index (χ2n) is 3.05. The van der Waals surface area contributed by atoms with Crippen LogP contribution >= 0.6 is 11.3 Å². The number of carbonyl (C=O) groups is 1. The molecule has 0 N–H and O–H groups in total. The molecular formula is C12H10O2S. The van der Waals surface area contributed by atoms with Gasteiger partial charge in [-0.15, -0.1) is 11.3 Å². The third kappa shape index (κ3) is 2.07. The summed E-state index contributed by atoms with van der Waals surface area (Å²) in [5.41, 5.74) is 1.70. The van der Waals surface area contributed by atoms with E-state index in [2.05, 4.69) is 10.8 Å². The van der Waals surface area contributed by atoms with E-state index in [1.54, 1.807) is 23.5 Å². The Morgan fingerprint density at radius 3 is 2.47 bits per heavy atom. The SMILES string of the molecule is COC(=O)c1ccc(-c2cccs2)cc1. The molecule has 0 saturated heterocycles. The van der Waals surface area contributed by atoms with Crippen molar-refractivity contribution in [3.8, 4) is 10.4 Å². The Labute approximate surface area is 92.1 Å². The first-order chi connectivity index (χ1) is 7.31. The summed E-state index contributed by atoms with van der Waals surface area (Å²) in [6, 6.07) is 11.5. The van der Waals surface area contributed by atoms with E-state index in [4.69, 9.17) is 0 Å². The lowest BCUT2D eigenvalue weighted by Crippen LogP contribution is -2.00. The smallest absolute Gasteiger partial charge is 0.337 e. The lowest BCUT2D eigenvalue weighted by atomic mass is 10.1. The molecule has 15 heavy (non-hydrogen) atoms. The van der Waals surface area contributed by atoms with E-state index in [1.807, 2.05) is 23.6 Å². The molecule has 0 amide bonds. The zero-order valence-electron chi connectivity index (χ0n) is 8.27. The number of thiophene rings is 1. The van der Waals surface area contributed by atoms with E-state index in [9.17, 15) is 4.79 Å². The molecule has 0 radical (unpaired) electrons. The monoisotopic (exact) mass is 218 g/mol. The number of rotatable bonds is 2. The second-order valence-corrected chi connectivity index (χ2v) is 3.99. The van der Waals surface area contributed by atoms with Crippen molar-refractivity contribution >= 4 is 17.3 Å². The Balaban J connectivity index is 2.29. The molecule has 0 fully saturated rings. The van der Waals surface area contributed by atoms with Crippen LogP contribution in [-0.4, -0.2) is 13.1 Å². The summed E-state index contributed by atoms with van der Waals surface area (Å²) in [6.07, 6.45) is 0. The van der Waals surface area contributed by atoms with E-state index in [0.717, 1.165) is 5.56 Å². The molecule has 0 aliphatic heterocycles. The van der Waals surface area contributed by atoms with Crippen LogP contribution in [0.15, 0.2) is 41.8 Å². The highest BCUT2D eigenvalue weighted by Crippen LogP contribution is 2.24. The Kier molecular flexibility index (Phi) is 2.83. The van der Waals surface area contributed by atoms with Crippen LogP contribution < -0.4 is 0 Å². The van der Waals surface area contributed by atoms with E-state index >= 15 is 0 Å². The van der Waals surface area contributed by atoms with Gasteiger partial charge in [0.25, 0.3) is 0 Å². The van der Waals surface area contributed by atoms with Gasteiger partial charge in [0.05, 0.1) is 12.7 Å². The minimum absolute atomic E-state index is 0.298. The number of esters is 1. The summed E-state index contributed by atoms with van der Waals surface area (Å²) in [7, 11) is 1.38. The van der Waals surface area contributed by atoms with Crippen molar-refractivity contribution in [2.24, 2.45) is 0 Å². The van der Waals surface area contributed by atoms with Crippen LogP contribution in [0.2, 0.25) is 0 Å². The van der Waals surface area contributed by atoms with Gasteiger partial charge in [-0.25, -0.2) is 4.79 Å². The van der Waals surface area contributed by atoms with Crippen molar-refractivity contribution in [2.45, 2.75) is 0 Å². The zero-order valence-corrected chi connectivity index (χ0v) is 9.08. The number of benzene rings is 1. The third-order valence-electron chi connectivity index (χ3n) is 2.11. The van der Waals surface area contributed by atoms with Crippen LogP contribution in [0, 0.1) is 0 Å². The van der Waals surface area contributed by atoms with E-state index in [-0.39, 0.29) is 5.97 Å². The normalized spacial score (nSPS) is 9.93. The van der Waals surface area contributed by atoms with Crippen molar-refractivity contribution in [3.05, 3.63) is 47.3 Å². The Morgan fingerprint density at radius 2 is 1.93 bits per heavy atom. The van der Waals surface area contributed by atoms with Crippen molar-refractivity contribution in [1.29, 1.82) is 0 Å². The molecule has 0 aliphatic rings. The highest BCUT2D eigenvalue weighted by atomic mass is 32.1. The lowest BCUT2D eigenvalue weighted by Gasteiger charge is -2.00. The van der Waals surface area contributed by atoms with Crippen LogP contribution in [0.5, 0.6) is 0 Å². The molecule has 1 aromatic carbocycles. The Hall–Kier alpha value is -1.61. The maximum absolute atomic E-state index is 11.2. The third-order valence-corrected chi connectivity index (χ3v) is 3.03. The van der Waals surface area contributed by atoms with Gasteiger partial charge in [0.15, 0.2) is 0 Å². The van der Waals surface area contributed by atoms with Gasteiger partial charge in [0.2, 0.25) is 0 Å². The number of carbonyl (C=O) groups excluding carboxylic acids is 1. The van der Waals surface area contributed by atoms with E-state index in [1.165, 1.54) is 12.0 Å². The molecular weight excluding hydrogens is 208 g/mol. The van der Waals surface area contributed by atoms with Crippen LogP contribution in [0.3, 0.4) is 0 Å². The molecule has 76 valence electrons. The molecule has 2 aromatic rings.